The first kappa shape index (κ1) is 13.4. The van der Waals surface area contributed by atoms with E-state index in [1.165, 1.54) is 0 Å². The number of nitrogens with zero attached hydrogens (tertiary/aromatic N) is 1. The molecule has 1 amide bonds. The lowest BCUT2D eigenvalue weighted by atomic mass is 9.94. The Hall–Kier alpha value is -0.570. The number of amides is 1. The molecule has 3 nitrogen and oxygen atoms in total. The maximum Gasteiger partial charge on any atom is 0.227 e. The maximum atomic E-state index is 12.0. The van der Waals surface area contributed by atoms with Crippen molar-refractivity contribution in [3.8, 4) is 0 Å². The summed E-state index contributed by atoms with van der Waals surface area (Å²) in [5.74, 6) is 0.463. The molecule has 14 heavy (non-hydrogen) atoms. The number of hydrogen-bond donors (Lipinski definition) is 1. The first-order valence-electron chi connectivity index (χ1n) is 5.42. The number of carbonyl (C=O) groups excluding carboxylic acids is 1. The fraction of sp³-hybridized carbons (Fsp3) is 0.909. The number of nitrogens with two attached hydrogens (primary N) is 1. The van der Waals surface area contributed by atoms with E-state index in [0.29, 0.717) is 18.5 Å². The first-order valence-corrected chi connectivity index (χ1v) is 5.42. The van der Waals surface area contributed by atoms with Crippen molar-refractivity contribution in [3.63, 3.8) is 0 Å². The molecular formula is C11H24N2O. The summed E-state index contributed by atoms with van der Waals surface area (Å²) in [4.78, 5) is 13.8. The summed E-state index contributed by atoms with van der Waals surface area (Å²) in [6.07, 6.45) is 0.984. The molecule has 0 aromatic heterocycles. The molecule has 3 heteroatoms. The topological polar surface area (TPSA) is 46.3 Å². The molecule has 2 N–H and O–H groups in total. The molecule has 0 saturated carbocycles. The van der Waals surface area contributed by atoms with Crippen LogP contribution in [0.3, 0.4) is 0 Å². The molecule has 0 heterocycles. The van der Waals surface area contributed by atoms with E-state index in [1.807, 2.05) is 25.8 Å². The van der Waals surface area contributed by atoms with Gasteiger partial charge in [-0.05, 0) is 19.3 Å². The molecule has 0 aromatic rings. The standard InChI is InChI=1S/C11H24N2O/c1-6-9(4)13(5)11(14)10(7-12)8(2)3/h8-10H,6-7,12H2,1-5H3. The van der Waals surface area contributed by atoms with E-state index in [4.69, 9.17) is 5.73 Å². The molecule has 0 aliphatic rings. The lowest BCUT2D eigenvalue weighted by Crippen LogP contribution is -2.43. The van der Waals surface area contributed by atoms with Crippen LogP contribution in [0.25, 0.3) is 0 Å². The van der Waals surface area contributed by atoms with E-state index in [-0.39, 0.29) is 11.8 Å². The van der Waals surface area contributed by atoms with E-state index in [9.17, 15) is 4.79 Å². The summed E-state index contributed by atoms with van der Waals surface area (Å²) in [5.41, 5.74) is 5.61. The van der Waals surface area contributed by atoms with E-state index >= 15 is 0 Å². The Balaban J connectivity index is 4.42. The van der Waals surface area contributed by atoms with Crippen LogP contribution in [0.15, 0.2) is 0 Å². The van der Waals surface area contributed by atoms with Crippen molar-refractivity contribution in [1.29, 1.82) is 0 Å². The summed E-state index contributed by atoms with van der Waals surface area (Å²) in [5, 5.41) is 0. The van der Waals surface area contributed by atoms with Crippen LogP contribution in [-0.2, 0) is 4.79 Å². The second-order valence-corrected chi connectivity index (χ2v) is 4.29. The predicted octanol–water partition coefficient (Wildman–Crippen LogP) is 1.47. The fourth-order valence-corrected chi connectivity index (χ4v) is 1.41. The van der Waals surface area contributed by atoms with Gasteiger partial charge in [-0.25, -0.2) is 0 Å². The van der Waals surface area contributed by atoms with Gasteiger partial charge < -0.3 is 10.6 Å². The molecule has 2 unspecified atom stereocenters. The van der Waals surface area contributed by atoms with Crippen LogP contribution in [0.4, 0.5) is 0 Å². The Morgan fingerprint density at radius 1 is 1.36 bits per heavy atom. The molecule has 0 rings (SSSR count). The zero-order chi connectivity index (χ0) is 11.3. The Bertz CT molecular complexity index is 180. The van der Waals surface area contributed by atoms with Crippen molar-refractivity contribution in [2.75, 3.05) is 13.6 Å². The Morgan fingerprint density at radius 3 is 2.14 bits per heavy atom. The second kappa shape index (κ2) is 6.02. The van der Waals surface area contributed by atoms with Crippen LogP contribution in [0, 0.1) is 11.8 Å². The normalized spacial score (nSPS) is 15.4. The highest BCUT2D eigenvalue weighted by atomic mass is 16.2. The van der Waals surface area contributed by atoms with Crippen molar-refractivity contribution in [2.45, 2.75) is 40.2 Å². The van der Waals surface area contributed by atoms with Gasteiger partial charge in [-0.1, -0.05) is 20.8 Å². The molecule has 0 aliphatic carbocycles. The summed E-state index contributed by atoms with van der Waals surface area (Å²) < 4.78 is 0. The van der Waals surface area contributed by atoms with Gasteiger partial charge in [-0.3, -0.25) is 4.79 Å². The van der Waals surface area contributed by atoms with Crippen molar-refractivity contribution in [3.05, 3.63) is 0 Å². The molecule has 0 bridgehead atoms. The van der Waals surface area contributed by atoms with Gasteiger partial charge in [-0.2, -0.15) is 0 Å². The SMILES string of the molecule is CCC(C)N(C)C(=O)C(CN)C(C)C. The quantitative estimate of drug-likeness (QED) is 0.730. The van der Waals surface area contributed by atoms with Crippen LogP contribution >= 0.6 is 0 Å². The lowest BCUT2D eigenvalue weighted by molar-refractivity contribution is -0.137. The second-order valence-electron chi connectivity index (χ2n) is 4.29. The smallest absolute Gasteiger partial charge is 0.227 e. The van der Waals surface area contributed by atoms with E-state index < -0.39 is 0 Å². The third kappa shape index (κ3) is 3.29. The van der Waals surface area contributed by atoms with Gasteiger partial charge >= 0.3 is 0 Å². The number of hydrogen-bond acceptors (Lipinski definition) is 2. The molecule has 0 fully saturated rings. The Kier molecular flexibility index (Phi) is 5.77. The summed E-state index contributed by atoms with van der Waals surface area (Å²) in [6.45, 7) is 8.67. The Labute approximate surface area is 87.6 Å². The van der Waals surface area contributed by atoms with Gasteiger partial charge in [0.2, 0.25) is 5.91 Å². The van der Waals surface area contributed by atoms with Gasteiger partial charge in [0.1, 0.15) is 0 Å². The van der Waals surface area contributed by atoms with Gasteiger partial charge in [0.15, 0.2) is 0 Å². The Morgan fingerprint density at radius 2 is 1.86 bits per heavy atom. The maximum absolute atomic E-state index is 12.0. The van der Waals surface area contributed by atoms with E-state index in [1.54, 1.807) is 0 Å². The van der Waals surface area contributed by atoms with Gasteiger partial charge in [0.25, 0.3) is 0 Å². The fourth-order valence-electron chi connectivity index (χ4n) is 1.41. The molecular weight excluding hydrogens is 176 g/mol. The molecule has 2 atom stereocenters. The van der Waals surface area contributed by atoms with Crippen LogP contribution in [0.2, 0.25) is 0 Å². The van der Waals surface area contributed by atoms with Crippen molar-refractivity contribution >= 4 is 5.91 Å². The average molecular weight is 200 g/mol. The van der Waals surface area contributed by atoms with Crippen LogP contribution in [0.5, 0.6) is 0 Å². The zero-order valence-corrected chi connectivity index (χ0v) is 10.1. The van der Waals surface area contributed by atoms with Gasteiger partial charge in [-0.15, -0.1) is 0 Å². The minimum atomic E-state index is -0.0333. The third-order valence-corrected chi connectivity index (χ3v) is 2.98. The molecule has 0 saturated heterocycles. The van der Waals surface area contributed by atoms with Gasteiger partial charge in [0.05, 0.1) is 5.92 Å². The summed E-state index contributed by atoms with van der Waals surface area (Å²) in [6, 6.07) is 0.301. The zero-order valence-electron chi connectivity index (χ0n) is 10.1. The van der Waals surface area contributed by atoms with Crippen molar-refractivity contribution < 1.29 is 4.79 Å². The molecule has 0 radical (unpaired) electrons. The van der Waals surface area contributed by atoms with E-state index in [2.05, 4.69) is 13.8 Å². The number of rotatable bonds is 5. The molecule has 0 spiro atoms. The summed E-state index contributed by atoms with van der Waals surface area (Å²) in [7, 11) is 1.86. The van der Waals surface area contributed by atoms with E-state index in [0.717, 1.165) is 6.42 Å². The van der Waals surface area contributed by atoms with Crippen LogP contribution in [-0.4, -0.2) is 30.4 Å². The lowest BCUT2D eigenvalue weighted by Gasteiger charge is -2.29. The molecule has 84 valence electrons. The van der Waals surface area contributed by atoms with Crippen LogP contribution < -0.4 is 5.73 Å². The first-order chi connectivity index (χ1) is 6.45. The van der Waals surface area contributed by atoms with Crippen molar-refractivity contribution in [1.82, 2.24) is 4.90 Å². The minimum absolute atomic E-state index is 0.0333. The third-order valence-electron chi connectivity index (χ3n) is 2.98. The highest BCUT2D eigenvalue weighted by Gasteiger charge is 2.25. The van der Waals surface area contributed by atoms with Crippen molar-refractivity contribution in [2.24, 2.45) is 17.6 Å². The highest BCUT2D eigenvalue weighted by molar-refractivity contribution is 5.79. The number of carbonyl (C=O) groups is 1. The van der Waals surface area contributed by atoms with Crippen LogP contribution in [0.1, 0.15) is 34.1 Å². The monoisotopic (exact) mass is 200 g/mol. The molecule has 0 aliphatic heterocycles. The molecule has 0 aromatic carbocycles. The summed E-state index contributed by atoms with van der Waals surface area (Å²) >= 11 is 0. The minimum Gasteiger partial charge on any atom is -0.343 e. The highest BCUT2D eigenvalue weighted by Crippen LogP contribution is 2.14. The average Bonchev–Trinajstić information content (AvgIpc) is 2.15. The largest absolute Gasteiger partial charge is 0.343 e. The predicted molar refractivity (Wildman–Crippen MR) is 59.9 cm³/mol. The van der Waals surface area contributed by atoms with Gasteiger partial charge in [0, 0.05) is 19.6 Å².